The maximum Gasteiger partial charge on any atom is 0.495 e. The van der Waals surface area contributed by atoms with Crippen LogP contribution >= 0.6 is 20.3 Å². The standard InChI is InChI=1S/C2H5ClO2P/c1-2(3)5-6-4/h2,6H,1H3/q+1. The molecule has 0 saturated carbocycles. The molecule has 0 aromatic rings. The van der Waals surface area contributed by atoms with Crippen molar-refractivity contribution in [3.63, 3.8) is 0 Å². The Bertz CT molecular complexity index is 46.8. The van der Waals surface area contributed by atoms with Gasteiger partial charge in [0, 0.05) is 0 Å². The van der Waals surface area contributed by atoms with Gasteiger partial charge in [0.05, 0.1) is 0 Å². The van der Waals surface area contributed by atoms with Gasteiger partial charge < -0.3 is 0 Å². The lowest BCUT2D eigenvalue weighted by molar-refractivity contribution is 0.327. The highest BCUT2D eigenvalue weighted by Crippen LogP contribution is 2.04. The monoisotopic (exact) mass is 127 g/mol. The van der Waals surface area contributed by atoms with Crippen LogP contribution in [0.2, 0.25) is 0 Å². The van der Waals surface area contributed by atoms with E-state index in [-0.39, 0.29) is 0 Å². The van der Waals surface area contributed by atoms with Crippen LogP contribution in [0.4, 0.5) is 0 Å². The third-order valence-corrected chi connectivity index (χ3v) is 0.899. The first-order chi connectivity index (χ1) is 2.77. The molecule has 0 fully saturated rings. The Morgan fingerprint density at radius 3 is 2.50 bits per heavy atom. The molecule has 0 amide bonds. The molecule has 2 atom stereocenters. The van der Waals surface area contributed by atoms with Gasteiger partial charge in [0.2, 0.25) is 0 Å². The van der Waals surface area contributed by atoms with Gasteiger partial charge in [0.25, 0.3) is 0 Å². The minimum Gasteiger partial charge on any atom is -0.129 e. The Morgan fingerprint density at radius 2 is 2.50 bits per heavy atom. The summed E-state index contributed by atoms with van der Waals surface area (Å²) in [4.78, 5) is 0. The van der Waals surface area contributed by atoms with Crippen molar-refractivity contribution in [1.29, 1.82) is 0 Å². The Balaban J connectivity index is 2.81. The number of rotatable bonds is 2. The van der Waals surface area contributed by atoms with Gasteiger partial charge in [-0.2, -0.15) is 0 Å². The van der Waals surface area contributed by atoms with E-state index in [0.717, 1.165) is 0 Å². The maximum absolute atomic E-state index is 9.46. The Morgan fingerprint density at radius 1 is 2.00 bits per heavy atom. The van der Waals surface area contributed by atoms with E-state index < -0.39 is 14.3 Å². The summed E-state index contributed by atoms with van der Waals surface area (Å²) in [6, 6.07) is 0. The molecule has 0 aromatic heterocycles. The summed E-state index contributed by atoms with van der Waals surface area (Å²) in [6.45, 7) is 1.60. The zero-order valence-electron chi connectivity index (χ0n) is 3.27. The predicted octanol–water partition coefficient (Wildman–Crippen LogP) is 1.53. The molecule has 0 radical (unpaired) electrons. The summed E-state index contributed by atoms with van der Waals surface area (Å²) in [5, 5.41) is 0. The molecule has 0 saturated heterocycles. The molecule has 36 valence electrons. The number of alkyl halides is 1. The summed E-state index contributed by atoms with van der Waals surface area (Å²) in [5.41, 5.74) is -0.430. The van der Waals surface area contributed by atoms with Crippen LogP contribution in [-0.4, -0.2) is 5.56 Å². The Labute approximate surface area is 42.7 Å². The molecule has 0 aliphatic rings. The van der Waals surface area contributed by atoms with E-state index in [1.54, 1.807) is 6.92 Å². The van der Waals surface area contributed by atoms with Crippen molar-refractivity contribution in [2.24, 2.45) is 0 Å². The molecule has 0 aliphatic carbocycles. The van der Waals surface area contributed by atoms with Gasteiger partial charge in [-0.3, -0.25) is 0 Å². The smallest absolute Gasteiger partial charge is 0.129 e. The average molecular weight is 127 g/mol. The Kier molecular flexibility index (Phi) is 3.74. The van der Waals surface area contributed by atoms with E-state index in [0.29, 0.717) is 0 Å². The fourth-order valence-electron chi connectivity index (χ4n) is 0.0663. The SMILES string of the molecule is CC(Cl)O[PH+]=O. The second kappa shape index (κ2) is 3.54. The van der Waals surface area contributed by atoms with Gasteiger partial charge in [0.1, 0.15) is 0 Å². The lowest BCUT2D eigenvalue weighted by atomic mass is 10.9. The second-order valence-corrected chi connectivity index (χ2v) is 1.76. The summed E-state index contributed by atoms with van der Waals surface area (Å²) in [7, 11) is -0.744. The predicted molar refractivity (Wildman–Crippen MR) is 25.4 cm³/mol. The minimum atomic E-state index is -0.744. The average Bonchev–Trinajstić information content (AvgIpc) is 1.35. The van der Waals surface area contributed by atoms with E-state index in [2.05, 4.69) is 4.52 Å². The number of hydrogen-bond donors (Lipinski definition) is 0. The van der Waals surface area contributed by atoms with Crippen molar-refractivity contribution in [1.82, 2.24) is 0 Å². The fourth-order valence-corrected chi connectivity index (χ4v) is 0.308. The van der Waals surface area contributed by atoms with E-state index in [1.165, 1.54) is 0 Å². The second-order valence-electron chi connectivity index (χ2n) is 0.744. The third kappa shape index (κ3) is 4.35. The fraction of sp³-hybridized carbons (Fsp3) is 1.00. The van der Waals surface area contributed by atoms with E-state index in [9.17, 15) is 4.57 Å². The third-order valence-electron chi connectivity index (χ3n) is 0.211. The first-order valence-electron chi connectivity index (χ1n) is 1.44. The van der Waals surface area contributed by atoms with Crippen LogP contribution in [0.5, 0.6) is 0 Å². The number of halogens is 1. The molecule has 0 aliphatic heterocycles. The zero-order chi connectivity index (χ0) is 4.99. The van der Waals surface area contributed by atoms with Crippen LogP contribution in [0.15, 0.2) is 0 Å². The molecule has 0 heterocycles. The summed E-state index contributed by atoms with van der Waals surface area (Å²) in [6.07, 6.45) is 0. The normalized spacial score (nSPS) is 15.0. The van der Waals surface area contributed by atoms with Crippen LogP contribution in [0, 0.1) is 0 Å². The van der Waals surface area contributed by atoms with E-state index in [1.807, 2.05) is 0 Å². The molecule has 2 unspecified atom stereocenters. The molecular weight excluding hydrogens is 122 g/mol. The van der Waals surface area contributed by atoms with Crippen LogP contribution in [0.1, 0.15) is 6.92 Å². The Hall–Kier alpha value is 0.350. The molecule has 0 rings (SSSR count). The molecule has 0 spiro atoms. The van der Waals surface area contributed by atoms with E-state index in [4.69, 9.17) is 11.6 Å². The van der Waals surface area contributed by atoms with Gasteiger partial charge >= 0.3 is 8.69 Å². The highest BCUT2D eigenvalue weighted by Gasteiger charge is 1.97. The maximum atomic E-state index is 9.46. The summed E-state index contributed by atoms with van der Waals surface area (Å²) >= 11 is 5.16. The quantitative estimate of drug-likeness (QED) is 0.415. The van der Waals surface area contributed by atoms with Gasteiger partial charge in [-0.25, -0.2) is 0 Å². The molecule has 2 nitrogen and oxygen atoms in total. The lowest BCUT2D eigenvalue weighted by Crippen LogP contribution is -1.84. The van der Waals surface area contributed by atoms with E-state index >= 15 is 0 Å². The van der Waals surface area contributed by atoms with Crippen LogP contribution in [0.3, 0.4) is 0 Å². The van der Waals surface area contributed by atoms with Gasteiger partial charge in [-0.1, -0.05) is 11.6 Å². The van der Waals surface area contributed by atoms with Crippen molar-refractivity contribution in [2.75, 3.05) is 0 Å². The molecular formula is C2H5ClO2P+. The molecule has 4 heteroatoms. The van der Waals surface area contributed by atoms with Gasteiger partial charge in [-0.05, 0) is 11.5 Å². The molecule has 0 bridgehead atoms. The van der Waals surface area contributed by atoms with Crippen molar-refractivity contribution in [3.8, 4) is 0 Å². The van der Waals surface area contributed by atoms with Crippen LogP contribution in [0.25, 0.3) is 0 Å². The highest BCUT2D eigenvalue weighted by atomic mass is 35.5. The summed E-state index contributed by atoms with van der Waals surface area (Å²) < 4.78 is 13.7. The van der Waals surface area contributed by atoms with Crippen molar-refractivity contribution >= 4 is 20.3 Å². The van der Waals surface area contributed by atoms with Crippen LogP contribution < -0.4 is 0 Å². The van der Waals surface area contributed by atoms with Gasteiger partial charge in [0.15, 0.2) is 5.56 Å². The van der Waals surface area contributed by atoms with Gasteiger partial charge in [-0.15, -0.1) is 4.52 Å². The number of hydrogen-bond acceptors (Lipinski definition) is 2. The van der Waals surface area contributed by atoms with Crippen molar-refractivity contribution < 1.29 is 9.09 Å². The minimum absolute atomic E-state index is 0.430. The highest BCUT2D eigenvalue weighted by molar-refractivity contribution is 7.17. The van der Waals surface area contributed by atoms with Crippen LogP contribution in [-0.2, 0) is 9.09 Å². The lowest BCUT2D eigenvalue weighted by Gasteiger charge is -1.80. The molecule has 0 aromatic carbocycles. The summed E-state index contributed by atoms with van der Waals surface area (Å²) in [5.74, 6) is 0. The largest absolute Gasteiger partial charge is 0.495 e. The first kappa shape index (κ1) is 6.35. The van der Waals surface area contributed by atoms with Crippen molar-refractivity contribution in [2.45, 2.75) is 12.5 Å². The molecule has 0 N–H and O–H groups in total. The molecule has 6 heavy (non-hydrogen) atoms. The topological polar surface area (TPSA) is 26.3 Å². The first-order valence-corrected chi connectivity index (χ1v) is 2.69. The zero-order valence-corrected chi connectivity index (χ0v) is 5.03. The van der Waals surface area contributed by atoms with Crippen molar-refractivity contribution in [3.05, 3.63) is 0 Å².